The molecule has 1 aliphatic heterocycles. The molecule has 88 valence electrons. The van der Waals surface area contributed by atoms with Crippen molar-refractivity contribution in [1.82, 2.24) is 9.97 Å². The average molecular weight is 220 g/mol. The van der Waals surface area contributed by atoms with Gasteiger partial charge in [0, 0.05) is 24.8 Å². The minimum absolute atomic E-state index is 0.375. The summed E-state index contributed by atoms with van der Waals surface area (Å²) in [7, 11) is 0. The predicted octanol–water partition coefficient (Wildman–Crippen LogP) is 1.99. The van der Waals surface area contributed by atoms with Crippen molar-refractivity contribution in [2.24, 2.45) is 5.41 Å². The predicted molar refractivity (Wildman–Crippen MR) is 66.4 cm³/mol. The Morgan fingerprint density at radius 2 is 1.88 bits per heavy atom. The van der Waals surface area contributed by atoms with Crippen LogP contribution in [-0.2, 0) is 0 Å². The van der Waals surface area contributed by atoms with Crippen LogP contribution in [0.3, 0.4) is 0 Å². The second-order valence-electron chi connectivity index (χ2n) is 5.38. The van der Waals surface area contributed by atoms with Gasteiger partial charge in [-0.1, -0.05) is 13.8 Å². The Labute approximate surface area is 96.9 Å². The van der Waals surface area contributed by atoms with Gasteiger partial charge in [0.2, 0.25) is 5.95 Å². The van der Waals surface area contributed by atoms with Gasteiger partial charge in [-0.15, -0.1) is 0 Å². The van der Waals surface area contributed by atoms with Crippen molar-refractivity contribution in [3.63, 3.8) is 0 Å². The van der Waals surface area contributed by atoms with E-state index in [4.69, 9.17) is 5.73 Å². The monoisotopic (exact) mass is 220 g/mol. The zero-order valence-electron chi connectivity index (χ0n) is 10.3. The number of rotatable bonds is 1. The molecule has 0 radical (unpaired) electrons. The molecule has 1 fully saturated rings. The Morgan fingerprint density at radius 3 is 2.44 bits per heavy atom. The molecular weight excluding hydrogens is 200 g/mol. The number of aromatic nitrogens is 2. The molecule has 2 N–H and O–H groups in total. The number of nitrogens with zero attached hydrogens (tertiary/aromatic N) is 3. The Balaban J connectivity index is 2.14. The molecule has 4 nitrogen and oxygen atoms in total. The molecule has 0 aromatic carbocycles. The molecular formula is C12H20N4. The van der Waals surface area contributed by atoms with E-state index in [0.717, 1.165) is 24.6 Å². The molecule has 16 heavy (non-hydrogen) atoms. The maximum Gasteiger partial charge on any atom is 0.222 e. The van der Waals surface area contributed by atoms with Crippen molar-refractivity contribution < 1.29 is 0 Å². The first-order chi connectivity index (χ1) is 7.46. The fraction of sp³-hybridized carbons (Fsp3) is 0.667. The van der Waals surface area contributed by atoms with Crippen LogP contribution < -0.4 is 10.6 Å². The average Bonchev–Trinajstić information content (AvgIpc) is 2.15. The molecule has 0 unspecified atom stereocenters. The summed E-state index contributed by atoms with van der Waals surface area (Å²) in [5.74, 6) is 1.35. The first-order valence-electron chi connectivity index (χ1n) is 5.82. The Bertz CT molecular complexity index is 356. The summed E-state index contributed by atoms with van der Waals surface area (Å²) in [5, 5.41) is 0. The lowest BCUT2D eigenvalue weighted by Crippen LogP contribution is -2.37. The molecule has 0 amide bonds. The Morgan fingerprint density at radius 1 is 1.25 bits per heavy atom. The zero-order valence-corrected chi connectivity index (χ0v) is 10.3. The third-order valence-electron chi connectivity index (χ3n) is 3.30. The van der Waals surface area contributed by atoms with Gasteiger partial charge in [-0.25, -0.2) is 4.98 Å². The van der Waals surface area contributed by atoms with Gasteiger partial charge < -0.3 is 10.6 Å². The quantitative estimate of drug-likeness (QED) is 0.786. The zero-order chi connectivity index (χ0) is 11.8. The third kappa shape index (κ3) is 2.43. The van der Waals surface area contributed by atoms with E-state index in [-0.39, 0.29) is 0 Å². The molecule has 0 saturated carbocycles. The summed E-state index contributed by atoms with van der Waals surface area (Å²) in [6, 6.07) is 2.01. The lowest BCUT2D eigenvalue weighted by molar-refractivity contribution is 0.279. The van der Waals surface area contributed by atoms with Gasteiger partial charge in [0.15, 0.2) is 0 Å². The highest BCUT2D eigenvalue weighted by Crippen LogP contribution is 2.31. The smallest absolute Gasteiger partial charge is 0.222 e. The first-order valence-corrected chi connectivity index (χ1v) is 5.82. The number of hydrogen-bond donors (Lipinski definition) is 1. The van der Waals surface area contributed by atoms with E-state index in [0.29, 0.717) is 11.4 Å². The lowest BCUT2D eigenvalue weighted by Gasteiger charge is -2.37. The van der Waals surface area contributed by atoms with Gasteiger partial charge in [-0.3, -0.25) is 0 Å². The van der Waals surface area contributed by atoms with Crippen molar-refractivity contribution in [1.29, 1.82) is 0 Å². The van der Waals surface area contributed by atoms with E-state index in [2.05, 4.69) is 28.7 Å². The van der Waals surface area contributed by atoms with Gasteiger partial charge >= 0.3 is 0 Å². The third-order valence-corrected chi connectivity index (χ3v) is 3.30. The van der Waals surface area contributed by atoms with Crippen LogP contribution in [0.2, 0.25) is 0 Å². The maximum atomic E-state index is 5.67. The second kappa shape index (κ2) is 3.92. The number of piperidine rings is 1. The topological polar surface area (TPSA) is 55.0 Å². The molecule has 1 saturated heterocycles. The molecule has 0 bridgehead atoms. The SMILES string of the molecule is Cc1cc(N2CCC(C)(C)CC2)nc(N)n1. The fourth-order valence-corrected chi connectivity index (χ4v) is 2.08. The highest BCUT2D eigenvalue weighted by atomic mass is 15.2. The lowest BCUT2D eigenvalue weighted by atomic mass is 9.83. The van der Waals surface area contributed by atoms with Crippen LogP contribution in [-0.4, -0.2) is 23.1 Å². The van der Waals surface area contributed by atoms with E-state index in [1.165, 1.54) is 12.8 Å². The minimum Gasteiger partial charge on any atom is -0.368 e. The summed E-state index contributed by atoms with van der Waals surface area (Å²) >= 11 is 0. The Kier molecular flexibility index (Phi) is 2.74. The molecule has 1 aromatic heterocycles. The van der Waals surface area contributed by atoms with E-state index in [9.17, 15) is 0 Å². The highest BCUT2D eigenvalue weighted by Gasteiger charge is 2.26. The summed E-state index contributed by atoms with van der Waals surface area (Å²) < 4.78 is 0. The highest BCUT2D eigenvalue weighted by molar-refractivity contribution is 5.43. The van der Waals surface area contributed by atoms with Gasteiger partial charge in [-0.05, 0) is 25.2 Å². The molecule has 4 heteroatoms. The van der Waals surface area contributed by atoms with Crippen molar-refractivity contribution in [3.8, 4) is 0 Å². The maximum absolute atomic E-state index is 5.67. The van der Waals surface area contributed by atoms with E-state index >= 15 is 0 Å². The van der Waals surface area contributed by atoms with E-state index in [1.807, 2.05) is 13.0 Å². The standard InChI is InChI=1S/C12H20N4/c1-9-8-10(15-11(13)14-9)16-6-4-12(2,3)5-7-16/h8H,4-7H2,1-3H3,(H2,13,14,15). The number of anilines is 2. The largest absolute Gasteiger partial charge is 0.368 e. The van der Waals surface area contributed by atoms with E-state index in [1.54, 1.807) is 0 Å². The van der Waals surface area contributed by atoms with Crippen LogP contribution in [0, 0.1) is 12.3 Å². The Hall–Kier alpha value is -1.32. The molecule has 2 heterocycles. The molecule has 0 aliphatic carbocycles. The normalized spacial score (nSPS) is 19.8. The molecule has 1 aliphatic rings. The van der Waals surface area contributed by atoms with Crippen molar-refractivity contribution in [2.45, 2.75) is 33.6 Å². The van der Waals surface area contributed by atoms with Crippen molar-refractivity contribution >= 4 is 11.8 Å². The van der Waals surface area contributed by atoms with Crippen LogP contribution in [0.15, 0.2) is 6.07 Å². The van der Waals surface area contributed by atoms with Crippen LogP contribution in [0.1, 0.15) is 32.4 Å². The summed E-state index contributed by atoms with van der Waals surface area (Å²) in [6.45, 7) is 8.72. The van der Waals surface area contributed by atoms with Crippen LogP contribution in [0.5, 0.6) is 0 Å². The summed E-state index contributed by atoms with van der Waals surface area (Å²) in [4.78, 5) is 10.7. The van der Waals surface area contributed by atoms with E-state index < -0.39 is 0 Å². The van der Waals surface area contributed by atoms with Crippen molar-refractivity contribution in [2.75, 3.05) is 23.7 Å². The second-order valence-corrected chi connectivity index (χ2v) is 5.38. The van der Waals surface area contributed by atoms with Gasteiger partial charge in [0.05, 0.1) is 0 Å². The summed E-state index contributed by atoms with van der Waals surface area (Å²) in [6.07, 6.45) is 2.41. The number of hydrogen-bond acceptors (Lipinski definition) is 4. The van der Waals surface area contributed by atoms with Gasteiger partial charge in [-0.2, -0.15) is 4.98 Å². The number of aryl methyl sites for hydroxylation is 1. The minimum atomic E-state index is 0.375. The molecule has 2 rings (SSSR count). The first kappa shape index (κ1) is 11.2. The number of nitrogens with two attached hydrogens (primary N) is 1. The van der Waals surface area contributed by atoms with Crippen LogP contribution >= 0.6 is 0 Å². The molecule has 1 aromatic rings. The van der Waals surface area contributed by atoms with Gasteiger partial charge in [0.1, 0.15) is 5.82 Å². The summed E-state index contributed by atoms with van der Waals surface area (Å²) in [5.41, 5.74) is 7.07. The molecule has 0 spiro atoms. The molecule has 0 atom stereocenters. The van der Waals surface area contributed by atoms with Crippen LogP contribution in [0.4, 0.5) is 11.8 Å². The van der Waals surface area contributed by atoms with Crippen molar-refractivity contribution in [3.05, 3.63) is 11.8 Å². The van der Waals surface area contributed by atoms with Gasteiger partial charge in [0.25, 0.3) is 0 Å². The fourth-order valence-electron chi connectivity index (χ4n) is 2.08. The number of nitrogen functional groups attached to an aromatic ring is 1. The van der Waals surface area contributed by atoms with Crippen LogP contribution in [0.25, 0.3) is 0 Å².